The van der Waals surface area contributed by atoms with Gasteiger partial charge in [0.25, 0.3) is 0 Å². The number of hydrogen-bond donors (Lipinski definition) is 1. The number of benzene rings is 1. The average Bonchev–Trinajstić information content (AvgIpc) is 2.95. The molecule has 1 aliphatic heterocycles. The quantitative estimate of drug-likeness (QED) is 0.793. The van der Waals surface area contributed by atoms with Crippen molar-refractivity contribution >= 4 is 0 Å². The third-order valence-electron chi connectivity index (χ3n) is 3.86. The zero-order valence-electron chi connectivity index (χ0n) is 12.8. The minimum Gasteiger partial charge on any atom is -0.454 e. The average molecular weight is 278 g/mol. The van der Waals surface area contributed by atoms with Gasteiger partial charge < -0.3 is 19.7 Å². The molecule has 0 aliphatic carbocycles. The lowest BCUT2D eigenvalue weighted by atomic mass is 10.1. The first-order chi connectivity index (χ1) is 9.78. The second-order valence-electron chi connectivity index (χ2n) is 5.20. The van der Waals surface area contributed by atoms with Gasteiger partial charge in [0.05, 0.1) is 0 Å². The van der Waals surface area contributed by atoms with E-state index >= 15 is 0 Å². The van der Waals surface area contributed by atoms with Crippen molar-refractivity contribution < 1.29 is 9.47 Å². The van der Waals surface area contributed by atoms with Crippen molar-refractivity contribution in [2.75, 3.05) is 33.5 Å². The monoisotopic (exact) mass is 278 g/mol. The van der Waals surface area contributed by atoms with Gasteiger partial charge in [-0.05, 0) is 44.3 Å². The van der Waals surface area contributed by atoms with E-state index in [1.54, 1.807) is 0 Å². The number of ether oxygens (including phenoxy) is 2. The summed E-state index contributed by atoms with van der Waals surface area (Å²) >= 11 is 0. The lowest BCUT2D eigenvalue weighted by molar-refractivity contribution is 0.174. The molecule has 1 N–H and O–H groups in total. The normalized spacial score (nSPS) is 14.8. The van der Waals surface area contributed by atoms with E-state index in [1.165, 1.54) is 18.4 Å². The van der Waals surface area contributed by atoms with Gasteiger partial charge >= 0.3 is 0 Å². The molecular formula is C16H26N2O2. The molecule has 0 spiro atoms. The van der Waals surface area contributed by atoms with E-state index in [4.69, 9.17) is 9.47 Å². The molecule has 0 bridgehead atoms. The number of likely N-dealkylation sites (N-methyl/N-ethyl adjacent to an activating group) is 2. The third kappa shape index (κ3) is 3.64. The molecule has 0 radical (unpaired) electrons. The molecule has 1 atom stereocenters. The summed E-state index contributed by atoms with van der Waals surface area (Å²) < 4.78 is 10.8. The van der Waals surface area contributed by atoms with Crippen LogP contribution in [0.5, 0.6) is 11.5 Å². The predicted molar refractivity (Wildman–Crippen MR) is 81.4 cm³/mol. The lowest BCUT2D eigenvalue weighted by Gasteiger charge is -2.26. The van der Waals surface area contributed by atoms with Gasteiger partial charge in [-0.1, -0.05) is 26.3 Å². The molecule has 0 saturated carbocycles. The number of unbranched alkanes of at least 4 members (excludes halogenated alkanes) is 1. The smallest absolute Gasteiger partial charge is 0.231 e. The van der Waals surface area contributed by atoms with Crippen LogP contribution in [0.25, 0.3) is 0 Å². The Morgan fingerprint density at radius 2 is 2.05 bits per heavy atom. The van der Waals surface area contributed by atoms with Gasteiger partial charge in [-0.2, -0.15) is 0 Å². The highest BCUT2D eigenvalue weighted by Crippen LogP contribution is 2.34. The van der Waals surface area contributed by atoms with Gasteiger partial charge in [-0.15, -0.1) is 0 Å². The molecule has 1 aromatic carbocycles. The molecule has 20 heavy (non-hydrogen) atoms. The van der Waals surface area contributed by atoms with Crippen LogP contribution < -0.4 is 14.8 Å². The van der Waals surface area contributed by atoms with E-state index in [2.05, 4.69) is 36.2 Å². The van der Waals surface area contributed by atoms with Gasteiger partial charge in [-0.25, -0.2) is 0 Å². The van der Waals surface area contributed by atoms with Crippen LogP contribution in [0.3, 0.4) is 0 Å². The first-order valence-electron chi connectivity index (χ1n) is 7.57. The van der Waals surface area contributed by atoms with Crippen molar-refractivity contribution in [3.05, 3.63) is 23.8 Å². The number of fused-ring (bicyclic) bond motifs is 1. The summed E-state index contributed by atoms with van der Waals surface area (Å²) in [6.45, 7) is 8.06. The van der Waals surface area contributed by atoms with Crippen LogP contribution in [-0.2, 0) is 0 Å². The van der Waals surface area contributed by atoms with Crippen molar-refractivity contribution in [2.24, 2.45) is 0 Å². The fraction of sp³-hybridized carbons (Fsp3) is 0.625. The fourth-order valence-electron chi connectivity index (χ4n) is 2.51. The van der Waals surface area contributed by atoms with E-state index in [0.29, 0.717) is 12.8 Å². The minimum atomic E-state index is 0.321. The molecule has 1 aliphatic rings. The highest BCUT2D eigenvalue weighted by atomic mass is 16.7. The minimum absolute atomic E-state index is 0.321. The van der Waals surface area contributed by atoms with Crippen LogP contribution in [0.1, 0.15) is 38.3 Å². The second-order valence-corrected chi connectivity index (χ2v) is 5.20. The standard InChI is InChI=1S/C16H26N2O2/c1-4-6-9-18(5-2)11-14(17-3)13-7-8-15-16(10-13)20-12-19-15/h7-8,10,14,17H,4-6,9,11-12H2,1-3H3. The van der Waals surface area contributed by atoms with E-state index in [9.17, 15) is 0 Å². The maximum absolute atomic E-state index is 5.47. The Balaban J connectivity index is 2.03. The Bertz CT molecular complexity index is 423. The second kappa shape index (κ2) is 7.50. The van der Waals surface area contributed by atoms with Crippen molar-refractivity contribution in [3.8, 4) is 11.5 Å². The van der Waals surface area contributed by atoms with Crippen LogP contribution in [0, 0.1) is 0 Å². The van der Waals surface area contributed by atoms with Crippen LogP contribution >= 0.6 is 0 Å². The topological polar surface area (TPSA) is 33.7 Å². The molecule has 1 unspecified atom stereocenters. The SMILES string of the molecule is CCCCN(CC)CC(NC)c1ccc2c(c1)OCO2. The molecule has 0 saturated heterocycles. The Morgan fingerprint density at radius 1 is 1.25 bits per heavy atom. The van der Waals surface area contributed by atoms with Crippen molar-refractivity contribution in [1.82, 2.24) is 10.2 Å². The van der Waals surface area contributed by atoms with Crippen LogP contribution in [0.2, 0.25) is 0 Å². The molecule has 1 heterocycles. The number of nitrogens with one attached hydrogen (secondary N) is 1. The summed E-state index contributed by atoms with van der Waals surface area (Å²) in [6.07, 6.45) is 2.50. The van der Waals surface area contributed by atoms with Crippen molar-refractivity contribution in [1.29, 1.82) is 0 Å². The molecule has 4 heteroatoms. The zero-order chi connectivity index (χ0) is 14.4. The van der Waals surface area contributed by atoms with Gasteiger partial charge in [0.2, 0.25) is 6.79 Å². The molecule has 112 valence electrons. The third-order valence-corrected chi connectivity index (χ3v) is 3.86. The molecule has 0 amide bonds. The molecule has 4 nitrogen and oxygen atoms in total. The van der Waals surface area contributed by atoms with Gasteiger partial charge in [0.15, 0.2) is 11.5 Å². The predicted octanol–water partition coefficient (Wildman–Crippen LogP) is 2.80. The molecule has 1 aromatic rings. The number of rotatable bonds is 8. The Labute approximate surface area is 122 Å². The summed E-state index contributed by atoms with van der Waals surface area (Å²) in [4.78, 5) is 2.50. The van der Waals surface area contributed by atoms with E-state index < -0.39 is 0 Å². The zero-order valence-corrected chi connectivity index (χ0v) is 12.8. The van der Waals surface area contributed by atoms with Crippen LogP contribution in [0.4, 0.5) is 0 Å². The van der Waals surface area contributed by atoms with Crippen LogP contribution in [0.15, 0.2) is 18.2 Å². The highest BCUT2D eigenvalue weighted by molar-refractivity contribution is 5.45. The maximum atomic E-state index is 5.47. The largest absolute Gasteiger partial charge is 0.454 e. The van der Waals surface area contributed by atoms with Crippen LogP contribution in [-0.4, -0.2) is 38.4 Å². The number of hydrogen-bond acceptors (Lipinski definition) is 4. The van der Waals surface area contributed by atoms with Crippen molar-refractivity contribution in [3.63, 3.8) is 0 Å². The van der Waals surface area contributed by atoms with E-state index in [0.717, 1.165) is 31.1 Å². The summed E-state index contributed by atoms with van der Waals surface area (Å²) in [5.41, 5.74) is 1.26. The highest BCUT2D eigenvalue weighted by Gasteiger charge is 2.18. The fourth-order valence-corrected chi connectivity index (χ4v) is 2.51. The van der Waals surface area contributed by atoms with Gasteiger partial charge in [0.1, 0.15) is 0 Å². The Hall–Kier alpha value is -1.26. The number of nitrogens with zero attached hydrogens (tertiary/aromatic N) is 1. The summed E-state index contributed by atoms with van der Waals surface area (Å²) in [6, 6.07) is 6.55. The lowest BCUT2D eigenvalue weighted by Crippen LogP contribution is -2.34. The summed E-state index contributed by atoms with van der Waals surface area (Å²) in [7, 11) is 2.02. The maximum Gasteiger partial charge on any atom is 0.231 e. The first-order valence-corrected chi connectivity index (χ1v) is 7.57. The summed E-state index contributed by atoms with van der Waals surface area (Å²) in [5, 5.41) is 3.41. The molecule has 2 rings (SSSR count). The van der Waals surface area contributed by atoms with Gasteiger partial charge in [-0.3, -0.25) is 0 Å². The van der Waals surface area contributed by atoms with E-state index in [-0.39, 0.29) is 0 Å². The Kier molecular flexibility index (Phi) is 5.68. The van der Waals surface area contributed by atoms with E-state index in [1.807, 2.05) is 13.1 Å². The summed E-state index contributed by atoms with van der Waals surface area (Å²) in [5.74, 6) is 1.71. The molecule has 0 aromatic heterocycles. The first kappa shape index (κ1) is 15.1. The Morgan fingerprint density at radius 3 is 2.75 bits per heavy atom. The van der Waals surface area contributed by atoms with Gasteiger partial charge in [0, 0.05) is 12.6 Å². The molecular weight excluding hydrogens is 252 g/mol. The van der Waals surface area contributed by atoms with Crippen molar-refractivity contribution in [2.45, 2.75) is 32.7 Å². The molecule has 0 fully saturated rings.